The van der Waals surface area contributed by atoms with Gasteiger partial charge in [-0.25, -0.2) is 12.7 Å². The largest absolute Gasteiger partial charge is 0.339 e. The lowest BCUT2D eigenvalue weighted by Gasteiger charge is -2.24. The van der Waals surface area contributed by atoms with Crippen molar-refractivity contribution >= 4 is 10.0 Å². The first kappa shape index (κ1) is 14.6. The molecular weight excluding hydrogens is 302 g/mol. The van der Waals surface area contributed by atoms with Crippen molar-refractivity contribution in [3.05, 3.63) is 11.7 Å². The Labute approximate surface area is 131 Å². The zero-order valence-corrected chi connectivity index (χ0v) is 14.0. The molecule has 0 N–H and O–H groups in total. The minimum absolute atomic E-state index is 0.139. The summed E-state index contributed by atoms with van der Waals surface area (Å²) in [4.78, 5) is 4.60. The Morgan fingerprint density at radius 2 is 2.09 bits per heavy atom. The molecule has 2 heterocycles. The highest BCUT2D eigenvalue weighted by Gasteiger charge is 2.57. The van der Waals surface area contributed by atoms with Gasteiger partial charge < -0.3 is 4.52 Å². The average molecular weight is 325 g/mol. The highest BCUT2D eigenvalue weighted by atomic mass is 32.2. The third-order valence-electron chi connectivity index (χ3n) is 5.53. The normalized spacial score (nSPS) is 32.8. The summed E-state index contributed by atoms with van der Waals surface area (Å²) in [7, 11) is -3.12. The van der Waals surface area contributed by atoms with Crippen molar-refractivity contribution in [1.29, 1.82) is 0 Å². The second-order valence-corrected chi connectivity index (χ2v) is 9.61. The van der Waals surface area contributed by atoms with Gasteiger partial charge >= 0.3 is 0 Å². The van der Waals surface area contributed by atoms with Crippen molar-refractivity contribution in [2.45, 2.75) is 62.5 Å². The first-order valence-corrected chi connectivity index (χ1v) is 9.77. The molecule has 2 atom stereocenters. The molecular formula is C15H23N3O3S. The van der Waals surface area contributed by atoms with Crippen LogP contribution in [0, 0.1) is 5.92 Å². The number of aromatic nitrogens is 2. The highest BCUT2D eigenvalue weighted by molar-refractivity contribution is 7.90. The fourth-order valence-electron chi connectivity index (χ4n) is 4.05. The SMILES string of the molecule is CC(C)c1nc([C@@]23CCC[C@@H]2CN(S(=O)(=O)C2CC2)C3)no1. The van der Waals surface area contributed by atoms with Gasteiger partial charge in [-0.1, -0.05) is 25.4 Å². The van der Waals surface area contributed by atoms with E-state index in [2.05, 4.69) is 10.1 Å². The van der Waals surface area contributed by atoms with Crippen molar-refractivity contribution in [2.24, 2.45) is 5.92 Å². The summed E-state index contributed by atoms with van der Waals surface area (Å²) in [5.74, 6) is 1.91. The minimum atomic E-state index is -3.12. The van der Waals surface area contributed by atoms with Crippen LogP contribution in [0.4, 0.5) is 0 Å². The van der Waals surface area contributed by atoms with Gasteiger partial charge in [0.1, 0.15) is 0 Å². The molecule has 1 aromatic rings. The summed E-state index contributed by atoms with van der Waals surface area (Å²) in [6, 6.07) is 0. The standard InChI is InChI=1S/C15H23N3O3S/c1-10(2)13-16-14(17-21-13)15-7-3-4-11(15)8-18(9-15)22(19,20)12-5-6-12/h10-12H,3-9H2,1-2H3/t11-,15-/m1/s1. The van der Waals surface area contributed by atoms with E-state index in [1.165, 1.54) is 0 Å². The van der Waals surface area contributed by atoms with Crippen LogP contribution >= 0.6 is 0 Å². The number of nitrogens with zero attached hydrogens (tertiary/aromatic N) is 3. The molecule has 0 amide bonds. The first-order chi connectivity index (χ1) is 10.4. The molecule has 3 fully saturated rings. The molecule has 1 aliphatic heterocycles. The van der Waals surface area contributed by atoms with E-state index in [0.29, 0.717) is 24.9 Å². The molecule has 6 nitrogen and oxygen atoms in total. The summed E-state index contributed by atoms with van der Waals surface area (Å²) < 4.78 is 32.3. The van der Waals surface area contributed by atoms with Crippen molar-refractivity contribution in [1.82, 2.24) is 14.4 Å². The van der Waals surface area contributed by atoms with E-state index in [4.69, 9.17) is 4.52 Å². The Morgan fingerprint density at radius 1 is 1.32 bits per heavy atom. The molecule has 0 spiro atoms. The van der Waals surface area contributed by atoms with Crippen LogP contribution in [0.25, 0.3) is 0 Å². The molecule has 122 valence electrons. The summed E-state index contributed by atoms with van der Waals surface area (Å²) in [5.41, 5.74) is -0.224. The maximum Gasteiger partial charge on any atom is 0.229 e. The Balaban J connectivity index is 1.66. The van der Waals surface area contributed by atoms with Gasteiger partial charge in [0.05, 0.1) is 10.7 Å². The predicted molar refractivity (Wildman–Crippen MR) is 80.9 cm³/mol. The van der Waals surface area contributed by atoms with Crippen molar-refractivity contribution in [3.8, 4) is 0 Å². The topological polar surface area (TPSA) is 76.3 Å². The van der Waals surface area contributed by atoms with Gasteiger partial charge in [0.2, 0.25) is 15.9 Å². The summed E-state index contributed by atoms with van der Waals surface area (Å²) in [5, 5.41) is 4.08. The van der Waals surface area contributed by atoms with Crippen LogP contribution in [0.15, 0.2) is 4.52 Å². The lowest BCUT2D eigenvalue weighted by atomic mass is 9.80. The van der Waals surface area contributed by atoms with Crippen LogP contribution in [0.5, 0.6) is 0 Å². The molecule has 0 unspecified atom stereocenters. The lowest BCUT2D eigenvalue weighted by Crippen LogP contribution is -2.36. The second-order valence-electron chi connectivity index (χ2n) is 7.39. The molecule has 1 saturated heterocycles. The van der Waals surface area contributed by atoms with E-state index >= 15 is 0 Å². The Hall–Kier alpha value is -0.950. The van der Waals surface area contributed by atoms with Crippen molar-refractivity contribution < 1.29 is 12.9 Å². The van der Waals surface area contributed by atoms with Gasteiger partial charge in [-0.15, -0.1) is 0 Å². The molecule has 1 aromatic heterocycles. The first-order valence-electron chi connectivity index (χ1n) is 8.26. The van der Waals surface area contributed by atoms with E-state index in [0.717, 1.165) is 37.9 Å². The molecule has 2 aliphatic carbocycles. The zero-order chi connectivity index (χ0) is 15.5. The number of hydrogen-bond acceptors (Lipinski definition) is 5. The maximum atomic E-state index is 12.6. The Kier molecular flexibility index (Phi) is 3.17. The van der Waals surface area contributed by atoms with Crippen LogP contribution in [0.3, 0.4) is 0 Å². The van der Waals surface area contributed by atoms with Gasteiger partial charge in [-0.2, -0.15) is 4.98 Å². The van der Waals surface area contributed by atoms with Crippen molar-refractivity contribution in [3.63, 3.8) is 0 Å². The van der Waals surface area contributed by atoms with E-state index in [-0.39, 0.29) is 16.6 Å². The third-order valence-corrected chi connectivity index (χ3v) is 7.84. The number of hydrogen-bond donors (Lipinski definition) is 0. The van der Waals surface area contributed by atoms with E-state index in [9.17, 15) is 8.42 Å². The van der Waals surface area contributed by atoms with Gasteiger partial charge in [0.15, 0.2) is 5.82 Å². The molecule has 7 heteroatoms. The van der Waals surface area contributed by atoms with E-state index in [1.54, 1.807) is 4.31 Å². The monoisotopic (exact) mass is 325 g/mol. The summed E-state index contributed by atoms with van der Waals surface area (Å²) in [6.07, 6.45) is 4.77. The summed E-state index contributed by atoms with van der Waals surface area (Å²) >= 11 is 0. The summed E-state index contributed by atoms with van der Waals surface area (Å²) in [6.45, 7) is 5.22. The zero-order valence-electron chi connectivity index (χ0n) is 13.2. The van der Waals surface area contributed by atoms with Gasteiger partial charge in [0, 0.05) is 19.0 Å². The van der Waals surface area contributed by atoms with Crippen LogP contribution in [-0.4, -0.2) is 41.2 Å². The number of fused-ring (bicyclic) bond motifs is 1. The molecule has 0 aromatic carbocycles. The fourth-order valence-corrected chi connectivity index (χ4v) is 6.00. The Bertz CT molecular complexity index is 680. The maximum absolute atomic E-state index is 12.6. The molecule has 22 heavy (non-hydrogen) atoms. The second kappa shape index (κ2) is 4.77. The van der Waals surface area contributed by atoms with E-state index in [1.807, 2.05) is 13.8 Å². The minimum Gasteiger partial charge on any atom is -0.339 e. The van der Waals surface area contributed by atoms with Crippen LogP contribution in [0.1, 0.15) is 63.6 Å². The van der Waals surface area contributed by atoms with Gasteiger partial charge in [0.25, 0.3) is 0 Å². The van der Waals surface area contributed by atoms with Crippen LogP contribution < -0.4 is 0 Å². The smallest absolute Gasteiger partial charge is 0.229 e. The highest BCUT2D eigenvalue weighted by Crippen LogP contribution is 2.51. The van der Waals surface area contributed by atoms with E-state index < -0.39 is 10.0 Å². The fraction of sp³-hybridized carbons (Fsp3) is 0.867. The molecule has 2 saturated carbocycles. The van der Waals surface area contributed by atoms with Gasteiger partial charge in [-0.05, 0) is 31.6 Å². The average Bonchev–Trinajstić information content (AvgIpc) is 2.92. The quantitative estimate of drug-likeness (QED) is 0.846. The van der Waals surface area contributed by atoms with Crippen LogP contribution in [0.2, 0.25) is 0 Å². The Morgan fingerprint density at radius 3 is 2.73 bits per heavy atom. The number of sulfonamides is 1. The molecule has 3 aliphatic rings. The predicted octanol–water partition coefficient (Wildman–Crippen LogP) is 2.04. The third kappa shape index (κ3) is 2.05. The van der Waals surface area contributed by atoms with Crippen molar-refractivity contribution in [2.75, 3.05) is 13.1 Å². The van der Waals surface area contributed by atoms with Gasteiger partial charge in [-0.3, -0.25) is 0 Å². The molecule has 0 radical (unpaired) electrons. The lowest BCUT2D eigenvalue weighted by molar-refractivity contribution is 0.324. The van der Waals surface area contributed by atoms with Crippen LogP contribution in [-0.2, 0) is 15.4 Å². The number of rotatable bonds is 4. The molecule has 4 rings (SSSR count). The molecule has 0 bridgehead atoms.